The number of carboxylic acids is 1. The van der Waals surface area contributed by atoms with Gasteiger partial charge in [-0.05, 0) is 153 Å². The van der Waals surface area contributed by atoms with Gasteiger partial charge in [0.1, 0.15) is 0 Å². The summed E-state index contributed by atoms with van der Waals surface area (Å²) in [6.45, 7) is 14.2. The first-order valence-corrected chi connectivity index (χ1v) is 20.3. The molecule has 9 nitrogen and oxygen atoms in total. The molecule has 11 atom stereocenters. The molecule has 5 fully saturated rings. The molecule has 9 heteroatoms. The fourth-order valence-electron chi connectivity index (χ4n) is 13.7. The Labute approximate surface area is 311 Å². The Morgan fingerprint density at radius 2 is 1.62 bits per heavy atom. The molecule has 5 aliphatic carbocycles. The highest BCUT2D eigenvalue weighted by Crippen LogP contribution is 2.77. The molecule has 290 valence electrons. The minimum atomic E-state index is -1.29. The van der Waals surface area contributed by atoms with Crippen molar-refractivity contribution in [3.63, 3.8) is 0 Å². The predicted octanol–water partition coefficient (Wildman–Crippen LogP) is 6.47. The Balaban J connectivity index is 1.23. The van der Waals surface area contributed by atoms with Crippen molar-refractivity contribution >= 4 is 17.8 Å². The molecule has 0 bridgehead atoms. The number of rotatable bonds is 11. The molecular weight excluding hydrogens is 656 g/mol. The van der Waals surface area contributed by atoms with Gasteiger partial charge >= 0.3 is 5.97 Å². The average Bonchev–Trinajstić information content (AvgIpc) is 3.51. The van der Waals surface area contributed by atoms with Crippen LogP contribution in [0.2, 0.25) is 0 Å². The van der Waals surface area contributed by atoms with Crippen LogP contribution in [0.15, 0.2) is 24.3 Å². The normalized spacial score (nSPS) is 40.2. The van der Waals surface area contributed by atoms with Crippen molar-refractivity contribution < 1.29 is 34.8 Å². The van der Waals surface area contributed by atoms with Crippen molar-refractivity contribution in [3.8, 4) is 0 Å². The van der Waals surface area contributed by atoms with Gasteiger partial charge in [-0.3, -0.25) is 14.4 Å². The van der Waals surface area contributed by atoms with E-state index >= 15 is 0 Å². The zero-order valence-electron chi connectivity index (χ0n) is 32.6. The molecule has 2 amide bonds. The topological polar surface area (TPSA) is 156 Å². The van der Waals surface area contributed by atoms with Crippen LogP contribution in [-0.4, -0.2) is 63.1 Å². The van der Waals surface area contributed by atoms with Gasteiger partial charge in [-0.15, -0.1) is 0 Å². The molecule has 6 N–H and O–H groups in total. The number of hydrogen-bond acceptors (Lipinski definition) is 6. The zero-order chi connectivity index (χ0) is 37.9. The molecule has 0 aromatic heterocycles. The maximum atomic E-state index is 14.7. The van der Waals surface area contributed by atoms with Gasteiger partial charge in [0, 0.05) is 25.1 Å². The molecule has 0 spiro atoms. The van der Waals surface area contributed by atoms with Crippen LogP contribution in [0.3, 0.4) is 0 Å². The fourth-order valence-corrected chi connectivity index (χ4v) is 13.7. The third-order valence-electron chi connectivity index (χ3n) is 16.7. The summed E-state index contributed by atoms with van der Waals surface area (Å²) in [5.74, 6) is -0.0492. The molecule has 6 rings (SSSR count). The molecule has 0 radical (unpaired) electrons. The second-order valence-electron chi connectivity index (χ2n) is 19.4. The second-order valence-corrected chi connectivity index (χ2v) is 19.4. The summed E-state index contributed by atoms with van der Waals surface area (Å²) in [6.07, 6.45) is 10.2. The van der Waals surface area contributed by atoms with E-state index in [4.69, 9.17) is 5.11 Å². The maximum absolute atomic E-state index is 14.7. The summed E-state index contributed by atoms with van der Waals surface area (Å²) in [7, 11) is 0. The molecule has 1 aromatic carbocycles. The third-order valence-corrected chi connectivity index (χ3v) is 16.7. The molecule has 1 aromatic rings. The van der Waals surface area contributed by atoms with Crippen LogP contribution in [0.5, 0.6) is 0 Å². The Kier molecular flexibility index (Phi) is 10.5. The van der Waals surface area contributed by atoms with Crippen molar-refractivity contribution in [2.45, 2.75) is 143 Å². The monoisotopic (exact) mass is 722 g/mol. The van der Waals surface area contributed by atoms with Gasteiger partial charge < -0.3 is 31.1 Å². The number of carbonyl (C=O) groups is 3. The van der Waals surface area contributed by atoms with Crippen LogP contribution in [0.4, 0.5) is 0 Å². The molecule has 0 heterocycles. The number of benzene rings is 1. The summed E-state index contributed by atoms with van der Waals surface area (Å²) < 4.78 is 0. The molecular formula is C43H66N2O7. The minimum absolute atomic E-state index is 0.0232. The van der Waals surface area contributed by atoms with E-state index in [0.717, 1.165) is 56.9 Å². The maximum Gasteiger partial charge on any atom is 0.303 e. The zero-order valence-corrected chi connectivity index (χ0v) is 32.6. The first kappa shape index (κ1) is 39.2. The number of unbranched alkanes of at least 4 members (excludes halogenated alkanes) is 1. The van der Waals surface area contributed by atoms with Crippen LogP contribution in [-0.2, 0) is 16.1 Å². The lowest BCUT2D eigenvalue weighted by atomic mass is 9.32. The van der Waals surface area contributed by atoms with Crippen molar-refractivity contribution in [1.29, 1.82) is 0 Å². The smallest absolute Gasteiger partial charge is 0.303 e. The molecule has 5 saturated carbocycles. The number of aliphatic hydroxyl groups is 3. The lowest BCUT2D eigenvalue weighted by Gasteiger charge is -2.73. The van der Waals surface area contributed by atoms with E-state index in [1.807, 2.05) is 12.1 Å². The van der Waals surface area contributed by atoms with Gasteiger partial charge in [-0.2, -0.15) is 0 Å². The molecule has 5 unspecified atom stereocenters. The summed E-state index contributed by atoms with van der Waals surface area (Å²) in [6, 6.07) is 7.28. The summed E-state index contributed by atoms with van der Waals surface area (Å²) in [5.41, 5.74) is -0.526. The Morgan fingerprint density at radius 1 is 0.865 bits per heavy atom. The molecule has 5 aliphatic rings. The lowest BCUT2D eigenvalue weighted by Crippen LogP contribution is -2.68. The van der Waals surface area contributed by atoms with Gasteiger partial charge in [-0.1, -0.05) is 46.8 Å². The largest absolute Gasteiger partial charge is 0.481 e. The highest BCUT2D eigenvalue weighted by molar-refractivity contribution is 5.94. The van der Waals surface area contributed by atoms with E-state index in [1.54, 1.807) is 19.1 Å². The van der Waals surface area contributed by atoms with Crippen molar-refractivity contribution in [2.75, 3.05) is 13.2 Å². The van der Waals surface area contributed by atoms with E-state index < -0.39 is 17.0 Å². The molecule has 0 aliphatic heterocycles. The van der Waals surface area contributed by atoms with Crippen molar-refractivity contribution in [3.05, 3.63) is 35.4 Å². The first-order valence-electron chi connectivity index (χ1n) is 20.3. The van der Waals surface area contributed by atoms with Crippen LogP contribution in [0.1, 0.15) is 141 Å². The Hall–Kier alpha value is -2.49. The van der Waals surface area contributed by atoms with E-state index in [-0.39, 0.29) is 76.9 Å². The van der Waals surface area contributed by atoms with Crippen LogP contribution in [0, 0.1) is 56.7 Å². The number of carbonyl (C=O) groups excluding carboxylic acids is 2. The van der Waals surface area contributed by atoms with Gasteiger partial charge in [-0.25, -0.2) is 0 Å². The van der Waals surface area contributed by atoms with Crippen LogP contribution in [0.25, 0.3) is 0 Å². The van der Waals surface area contributed by atoms with E-state index in [1.165, 1.54) is 0 Å². The Morgan fingerprint density at radius 3 is 2.33 bits per heavy atom. The van der Waals surface area contributed by atoms with Gasteiger partial charge in [0.05, 0.1) is 23.7 Å². The third kappa shape index (κ3) is 6.22. The van der Waals surface area contributed by atoms with E-state index in [9.17, 15) is 29.7 Å². The molecule has 52 heavy (non-hydrogen) atoms. The van der Waals surface area contributed by atoms with Crippen molar-refractivity contribution in [1.82, 2.24) is 10.6 Å². The van der Waals surface area contributed by atoms with Crippen LogP contribution < -0.4 is 10.6 Å². The second kappa shape index (κ2) is 14.0. The van der Waals surface area contributed by atoms with Crippen LogP contribution >= 0.6 is 0 Å². The predicted molar refractivity (Wildman–Crippen MR) is 200 cm³/mol. The SMILES string of the molecule is CC(O)(CO)[C@@H]1CC[C@]2(C(=O)NCc3cccc(C(=O)NCCCCC(=O)O)c3)CC[C@]3(C)C(CCC4[C@@]5(C)CC[C@H](O)C(C)(C)C5CC[C@]43C)C12. The number of aliphatic carboxylic acids is 1. The summed E-state index contributed by atoms with van der Waals surface area (Å²) in [5, 5.41) is 48.4. The summed E-state index contributed by atoms with van der Waals surface area (Å²) >= 11 is 0. The fraction of sp³-hybridized carbons (Fsp3) is 0.791. The highest BCUT2D eigenvalue weighted by atomic mass is 16.4. The summed E-state index contributed by atoms with van der Waals surface area (Å²) in [4.78, 5) is 38.3. The number of hydrogen-bond donors (Lipinski definition) is 6. The number of carboxylic acid groups (broad SMARTS) is 1. The minimum Gasteiger partial charge on any atom is -0.481 e. The molecule has 0 saturated heterocycles. The Bertz CT molecular complexity index is 1530. The first-order chi connectivity index (χ1) is 24.4. The quantitative estimate of drug-likeness (QED) is 0.143. The average molecular weight is 723 g/mol. The standard InChI is InChI=1S/C43H66N2O7/c1-38(2)31-16-19-41(5)32(39(31,3)18-17-33(38)47)14-13-29-35-30(42(6,52)26-46)15-20-43(35,22-21-40(29,41)4)37(51)45-25-27-10-9-11-28(24-27)36(50)44-23-8-7-12-34(48)49/h9-11,24,29-33,35,46-47,52H,7-8,12-23,25-26H2,1-6H3,(H,44,50)(H,45,51)(H,48,49)/t29?,30-,31?,32?,33+,35?,39+,40-,41-,42?,43+/m1/s1. The van der Waals surface area contributed by atoms with Gasteiger partial charge in [0.25, 0.3) is 5.91 Å². The highest BCUT2D eigenvalue weighted by Gasteiger charge is 2.72. The van der Waals surface area contributed by atoms with E-state index in [2.05, 4.69) is 45.3 Å². The number of nitrogens with one attached hydrogen (secondary N) is 2. The number of fused-ring (bicyclic) bond motifs is 7. The van der Waals surface area contributed by atoms with Crippen molar-refractivity contribution in [2.24, 2.45) is 56.7 Å². The lowest BCUT2D eigenvalue weighted by molar-refractivity contribution is -0.251. The van der Waals surface area contributed by atoms with E-state index in [0.29, 0.717) is 49.6 Å². The van der Waals surface area contributed by atoms with Gasteiger partial charge in [0.2, 0.25) is 5.91 Å². The number of amides is 2. The number of aliphatic hydroxyl groups excluding tert-OH is 2. The van der Waals surface area contributed by atoms with Gasteiger partial charge in [0.15, 0.2) is 0 Å².